The minimum absolute atomic E-state index is 0.0802. The Labute approximate surface area is 134 Å². The van der Waals surface area contributed by atoms with Crippen molar-refractivity contribution in [3.63, 3.8) is 0 Å². The first-order chi connectivity index (χ1) is 11.1. The molecule has 1 aliphatic rings. The fourth-order valence-corrected chi connectivity index (χ4v) is 2.63. The molecule has 2 heterocycles. The van der Waals surface area contributed by atoms with Crippen LogP contribution in [0.5, 0.6) is 0 Å². The molecule has 8 heteroatoms. The molecule has 8 nitrogen and oxygen atoms in total. The summed E-state index contributed by atoms with van der Waals surface area (Å²) in [5.41, 5.74) is 0. The normalized spacial score (nSPS) is 20.6. The molecule has 2 rings (SSSR count). The lowest BCUT2D eigenvalue weighted by atomic mass is 9.97. The molecule has 0 atom stereocenters. The number of likely N-dealkylation sites (tertiary alicyclic amines) is 1. The van der Waals surface area contributed by atoms with Crippen LogP contribution in [0.15, 0.2) is 22.8 Å². The Morgan fingerprint density at radius 2 is 2.09 bits per heavy atom. The molecule has 0 unspecified atom stereocenters. The molecule has 0 saturated carbocycles. The first-order valence-corrected chi connectivity index (χ1v) is 7.60. The van der Waals surface area contributed by atoms with E-state index >= 15 is 0 Å². The summed E-state index contributed by atoms with van der Waals surface area (Å²) in [7, 11) is 1.39. The van der Waals surface area contributed by atoms with E-state index in [2.05, 4.69) is 10.6 Å². The van der Waals surface area contributed by atoms with E-state index in [1.54, 1.807) is 12.1 Å². The molecule has 0 aromatic carbocycles. The van der Waals surface area contributed by atoms with Gasteiger partial charge >= 0.3 is 12.0 Å². The zero-order chi connectivity index (χ0) is 16.7. The molecule has 23 heavy (non-hydrogen) atoms. The van der Waals surface area contributed by atoms with Gasteiger partial charge in [0.15, 0.2) is 6.54 Å². The highest BCUT2D eigenvalue weighted by Crippen LogP contribution is 2.10. The maximum absolute atomic E-state index is 11.8. The predicted molar refractivity (Wildman–Crippen MR) is 79.4 cm³/mol. The number of esters is 1. The van der Waals surface area contributed by atoms with Gasteiger partial charge in [0.25, 0.3) is 5.91 Å². The van der Waals surface area contributed by atoms with E-state index in [1.807, 2.05) is 0 Å². The zero-order valence-corrected chi connectivity index (χ0v) is 13.1. The lowest BCUT2D eigenvalue weighted by Crippen LogP contribution is -3.14. The van der Waals surface area contributed by atoms with Gasteiger partial charge in [0.1, 0.15) is 5.76 Å². The van der Waals surface area contributed by atoms with Crippen LogP contribution >= 0.6 is 0 Å². The Balaban J connectivity index is 1.65. The minimum atomic E-state index is -0.546. The Morgan fingerprint density at radius 3 is 2.70 bits per heavy atom. The van der Waals surface area contributed by atoms with Gasteiger partial charge in [0, 0.05) is 12.8 Å². The van der Waals surface area contributed by atoms with E-state index in [1.165, 1.54) is 13.4 Å². The van der Waals surface area contributed by atoms with Crippen molar-refractivity contribution in [3.05, 3.63) is 24.2 Å². The lowest BCUT2D eigenvalue weighted by Gasteiger charge is -2.27. The molecule has 3 amide bonds. The molecular formula is C15H22N3O5+. The van der Waals surface area contributed by atoms with Crippen molar-refractivity contribution in [3.8, 4) is 0 Å². The largest absolute Gasteiger partial charge is 0.469 e. The fraction of sp³-hybridized carbons (Fsp3) is 0.533. The maximum atomic E-state index is 11.8. The summed E-state index contributed by atoms with van der Waals surface area (Å²) in [6.07, 6.45) is 2.90. The number of urea groups is 1. The van der Waals surface area contributed by atoms with Crippen molar-refractivity contribution in [2.24, 2.45) is 5.92 Å². The standard InChI is InChI=1S/C15H21N3O5/c1-22-14(20)11-4-6-18(7-5-11)10-13(19)17-15(21)16-9-12-3-2-8-23-12/h2-3,8,11H,4-7,9-10H2,1H3,(H2,16,17,19,21)/p+1. The smallest absolute Gasteiger partial charge is 0.321 e. The number of hydrogen-bond acceptors (Lipinski definition) is 5. The number of quaternary nitrogens is 1. The van der Waals surface area contributed by atoms with Crippen LogP contribution in [0.3, 0.4) is 0 Å². The monoisotopic (exact) mass is 324 g/mol. The summed E-state index contributed by atoms with van der Waals surface area (Å²) < 4.78 is 9.81. The molecule has 0 bridgehead atoms. The molecule has 1 aromatic heterocycles. The van der Waals surface area contributed by atoms with E-state index in [4.69, 9.17) is 9.15 Å². The number of piperidine rings is 1. The summed E-state index contributed by atoms with van der Waals surface area (Å²) in [4.78, 5) is 36.0. The average Bonchev–Trinajstić information content (AvgIpc) is 3.06. The van der Waals surface area contributed by atoms with Gasteiger partial charge in [-0.2, -0.15) is 0 Å². The highest BCUT2D eigenvalue weighted by Gasteiger charge is 2.29. The number of carbonyl (C=O) groups excluding carboxylic acids is 3. The number of hydrogen-bond donors (Lipinski definition) is 3. The Morgan fingerprint density at radius 1 is 1.35 bits per heavy atom. The highest BCUT2D eigenvalue weighted by molar-refractivity contribution is 5.94. The number of ether oxygens (including phenoxy) is 1. The maximum Gasteiger partial charge on any atom is 0.321 e. The summed E-state index contributed by atoms with van der Waals surface area (Å²) in [5, 5.41) is 4.84. The topological polar surface area (TPSA) is 102 Å². The molecule has 1 aliphatic heterocycles. The number of methoxy groups -OCH3 is 1. The second kappa shape index (κ2) is 8.33. The molecule has 3 N–H and O–H groups in total. The van der Waals surface area contributed by atoms with Crippen LogP contribution in [0.25, 0.3) is 0 Å². The van der Waals surface area contributed by atoms with E-state index in [0.29, 0.717) is 31.7 Å². The number of furan rings is 1. The molecule has 1 aromatic rings. The first-order valence-electron chi connectivity index (χ1n) is 7.60. The number of amides is 3. The third kappa shape index (κ3) is 5.41. The van der Waals surface area contributed by atoms with Crippen molar-refractivity contribution in [1.82, 2.24) is 10.6 Å². The zero-order valence-electron chi connectivity index (χ0n) is 13.1. The van der Waals surface area contributed by atoms with E-state index in [9.17, 15) is 14.4 Å². The SMILES string of the molecule is COC(=O)C1CC[NH+](CC(=O)NC(=O)NCc2ccco2)CC1. The molecule has 0 spiro atoms. The highest BCUT2D eigenvalue weighted by atomic mass is 16.5. The van der Waals surface area contributed by atoms with Crippen LogP contribution in [0.1, 0.15) is 18.6 Å². The Hall–Kier alpha value is -2.35. The van der Waals surface area contributed by atoms with Gasteiger partial charge in [-0.25, -0.2) is 4.79 Å². The van der Waals surface area contributed by atoms with Gasteiger partial charge in [-0.15, -0.1) is 0 Å². The molecule has 1 fully saturated rings. The predicted octanol–water partition coefficient (Wildman–Crippen LogP) is -0.927. The van der Waals surface area contributed by atoms with Crippen LogP contribution < -0.4 is 15.5 Å². The lowest BCUT2D eigenvalue weighted by molar-refractivity contribution is -0.897. The number of carbonyl (C=O) groups is 3. The Bertz CT molecular complexity index is 535. The van der Waals surface area contributed by atoms with Gasteiger partial charge in [0.2, 0.25) is 0 Å². The van der Waals surface area contributed by atoms with Crippen molar-refractivity contribution in [2.45, 2.75) is 19.4 Å². The van der Waals surface area contributed by atoms with Gasteiger partial charge in [-0.3, -0.25) is 14.9 Å². The van der Waals surface area contributed by atoms with Crippen molar-refractivity contribution < 1.29 is 28.4 Å². The number of imide groups is 1. The summed E-state index contributed by atoms with van der Waals surface area (Å²) in [6, 6.07) is 2.91. The van der Waals surface area contributed by atoms with Crippen LogP contribution in [-0.2, 0) is 20.9 Å². The molecule has 0 radical (unpaired) electrons. The van der Waals surface area contributed by atoms with E-state index in [-0.39, 0.29) is 30.9 Å². The number of nitrogens with one attached hydrogen (secondary N) is 3. The van der Waals surface area contributed by atoms with E-state index < -0.39 is 6.03 Å². The minimum Gasteiger partial charge on any atom is -0.469 e. The fourth-order valence-electron chi connectivity index (χ4n) is 2.63. The van der Waals surface area contributed by atoms with Gasteiger partial charge in [-0.1, -0.05) is 0 Å². The quantitative estimate of drug-likeness (QED) is 0.608. The molecule has 1 saturated heterocycles. The molecule has 0 aliphatic carbocycles. The van der Waals surface area contributed by atoms with Crippen LogP contribution in [-0.4, -0.2) is 44.7 Å². The van der Waals surface area contributed by atoms with E-state index in [0.717, 1.165) is 4.90 Å². The van der Waals surface area contributed by atoms with Crippen LogP contribution in [0, 0.1) is 5.92 Å². The third-order valence-electron chi connectivity index (χ3n) is 3.89. The Kier molecular flexibility index (Phi) is 6.16. The second-order valence-electron chi connectivity index (χ2n) is 5.53. The van der Waals surface area contributed by atoms with Gasteiger partial charge in [-0.05, 0) is 12.1 Å². The van der Waals surface area contributed by atoms with Crippen molar-refractivity contribution in [2.75, 3.05) is 26.7 Å². The van der Waals surface area contributed by atoms with Crippen molar-refractivity contribution >= 4 is 17.9 Å². The summed E-state index contributed by atoms with van der Waals surface area (Å²) in [6.45, 7) is 1.86. The van der Waals surface area contributed by atoms with Crippen molar-refractivity contribution in [1.29, 1.82) is 0 Å². The molecular weight excluding hydrogens is 302 g/mol. The summed E-state index contributed by atoms with van der Waals surface area (Å²) in [5.74, 6) is 0.00535. The molecule has 126 valence electrons. The van der Waals surface area contributed by atoms with Gasteiger partial charge < -0.3 is 19.4 Å². The third-order valence-corrected chi connectivity index (χ3v) is 3.89. The summed E-state index contributed by atoms with van der Waals surface area (Å²) >= 11 is 0. The average molecular weight is 324 g/mol. The first kappa shape index (κ1) is 17.0. The second-order valence-corrected chi connectivity index (χ2v) is 5.53. The number of rotatable bonds is 5. The van der Waals surface area contributed by atoms with Gasteiger partial charge in [0.05, 0.1) is 38.9 Å². The van der Waals surface area contributed by atoms with Crippen LogP contribution in [0.4, 0.5) is 4.79 Å². The van der Waals surface area contributed by atoms with Crippen LogP contribution in [0.2, 0.25) is 0 Å².